The van der Waals surface area contributed by atoms with Gasteiger partial charge >= 0.3 is 0 Å². The number of ketones is 2. The molecule has 1 fully saturated rings. The number of aliphatic hydroxyl groups excluding tert-OH is 1. The first-order valence-electron chi connectivity index (χ1n) is 6.89. The number of carbonyl (C=O) groups excluding carboxylic acids is 2. The minimum Gasteiger partial charge on any atom is -0.396 e. The highest BCUT2D eigenvalue weighted by atomic mass is 16.3. The van der Waals surface area contributed by atoms with Crippen LogP contribution in [-0.2, 0) is 9.59 Å². The summed E-state index contributed by atoms with van der Waals surface area (Å²) in [5.41, 5.74) is -0.821. The van der Waals surface area contributed by atoms with E-state index in [0.717, 1.165) is 0 Å². The van der Waals surface area contributed by atoms with Crippen molar-refractivity contribution in [2.45, 2.75) is 52.1 Å². The van der Waals surface area contributed by atoms with Crippen molar-refractivity contribution >= 4 is 11.6 Å². The normalized spacial score (nSPS) is 37.3. The quantitative estimate of drug-likeness (QED) is 0.792. The Morgan fingerprint density at radius 2 is 1.89 bits per heavy atom. The molecule has 0 amide bonds. The highest BCUT2D eigenvalue weighted by molar-refractivity contribution is 6.11. The van der Waals surface area contributed by atoms with E-state index in [-0.39, 0.29) is 23.6 Å². The lowest BCUT2D eigenvalue weighted by atomic mass is 9.58. The Labute approximate surface area is 113 Å². The van der Waals surface area contributed by atoms with Gasteiger partial charge in [-0.05, 0) is 37.2 Å². The van der Waals surface area contributed by atoms with Crippen molar-refractivity contribution in [2.24, 2.45) is 11.3 Å². The van der Waals surface area contributed by atoms with Crippen LogP contribution in [0.2, 0.25) is 0 Å². The van der Waals surface area contributed by atoms with Crippen LogP contribution in [0.15, 0.2) is 11.1 Å². The molecule has 2 aliphatic rings. The number of hydrogen-bond acceptors (Lipinski definition) is 4. The third-order valence-electron chi connectivity index (χ3n) is 5.07. The Balaban J connectivity index is 2.51. The number of rotatable bonds is 2. The molecule has 4 heteroatoms. The minimum atomic E-state index is -1.53. The summed E-state index contributed by atoms with van der Waals surface area (Å²) in [6, 6.07) is 0. The summed E-state index contributed by atoms with van der Waals surface area (Å²) in [5.74, 6) is -0.864. The van der Waals surface area contributed by atoms with Crippen LogP contribution in [0.1, 0.15) is 46.5 Å². The van der Waals surface area contributed by atoms with Gasteiger partial charge in [-0.25, -0.2) is 0 Å². The third kappa shape index (κ3) is 1.98. The van der Waals surface area contributed by atoms with Gasteiger partial charge in [0, 0.05) is 24.5 Å². The van der Waals surface area contributed by atoms with Crippen molar-refractivity contribution in [1.82, 2.24) is 0 Å². The van der Waals surface area contributed by atoms with Gasteiger partial charge < -0.3 is 10.2 Å². The van der Waals surface area contributed by atoms with E-state index in [1.165, 1.54) is 0 Å². The molecule has 2 N–H and O–H groups in total. The first-order chi connectivity index (χ1) is 8.76. The number of fused-ring (bicyclic) bond motifs is 1. The molecule has 2 rings (SSSR count). The fourth-order valence-corrected chi connectivity index (χ4v) is 3.41. The molecule has 0 saturated heterocycles. The Hall–Kier alpha value is -1.00. The van der Waals surface area contributed by atoms with Crippen molar-refractivity contribution < 1.29 is 19.8 Å². The number of carbonyl (C=O) groups is 2. The molecule has 0 bridgehead atoms. The fraction of sp³-hybridized carbons (Fsp3) is 0.733. The molecular weight excluding hydrogens is 244 g/mol. The standard InChI is InChI=1S/C15H22O4/c1-9(8-16)15(19)7-6-14(3)5-4-11(17)10(2)12(14)13(15)18/h9,16,19H,4-8H2,1-3H3/t9-,14-,15+/m1/s1. The van der Waals surface area contributed by atoms with Gasteiger partial charge in [-0.1, -0.05) is 13.8 Å². The molecule has 106 valence electrons. The Morgan fingerprint density at radius 1 is 1.26 bits per heavy atom. The molecule has 0 radical (unpaired) electrons. The van der Waals surface area contributed by atoms with E-state index < -0.39 is 11.5 Å². The van der Waals surface area contributed by atoms with Gasteiger partial charge in [0.2, 0.25) is 0 Å². The number of allylic oxidation sites excluding steroid dienone is 1. The largest absolute Gasteiger partial charge is 0.396 e. The highest BCUT2D eigenvalue weighted by Crippen LogP contribution is 2.51. The summed E-state index contributed by atoms with van der Waals surface area (Å²) < 4.78 is 0. The van der Waals surface area contributed by atoms with Crippen LogP contribution in [0.25, 0.3) is 0 Å². The first kappa shape index (κ1) is 14.4. The van der Waals surface area contributed by atoms with Crippen molar-refractivity contribution in [3.05, 3.63) is 11.1 Å². The maximum Gasteiger partial charge on any atom is 0.191 e. The van der Waals surface area contributed by atoms with Crippen LogP contribution in [0.3, 0.4) is 0 Å². The van der Waals surface area contributed by atoms with Gasteiger partial charge in [-0.15, -0.1) is 0 Å². The summed E-state index contributed by atoms with van der Waals surface area (Å²) >= 11 is 0. The predicted molar refractivity (Wildman–Crippen MR) is 70.5 cm³/mol. The maximum absolute atomic E-state index is 12.7. The summed E-state index contributed by atoms with van der Waals surface area (Å²) in [4.78, 5) is 24.5. The predicted octanol–water partition coefficient (Wildman–Crippen LogP) is 1.39. The third-order valence-corrected chi connectivity index (χ3v) is 5.07. The number of Topliss-reactive ketones (excluding diaryl/α,β-unsaturated/α-hetero) is 2. The van der Waals surface area contributed by atoms with Gasteiger partial charge in [0.1, 0.15) is 5.60 Å². The van der Waals surface area contributed by atoms with Crippen LogP contribution in [-0.4, -0.2) is 34.0 Å². The van der Waals surface area contributed by atoms with Crippen LogP contribution < -0.4 is 0 Å². The zero-order valence-electron chi connectivity index (χ0n) is 11.8. The average molecular weight is 266 g/mol. The molecule has 0 unspecified atom stereocenters. The molecule has 4 nitrogen and oxygen atoms in total. The van der Waals surface area contributed by atoms with Crippen molar-refractivity contribution in [2.75, 3.05) is 6.61 Å². The maximum atomic E-state index is 12.7. The van der Waals surface area contributed by atoms with Gasteiger partial charge in [-0.2, -0.15) is 0 Å². The van der Waals surface area contributed by atoms with Crippen molar-refractivity contribution in [1.29, 1.82) is 0 Å². The second kappa shape index (κ2) is 4.53. The lowest BCUT2D eigenvalue weighted by Gasteiger charge is -2.47. The van der Waals surface area contributed by atoms with Crippen LogP contribution in [0.4, 0.5) is 0 Å². The highest BCUT2D eigenvalue weighted by Gasteiger charge is 2.53. The zero-order chi connectivity index (χ0) is 14.4. The van der Waals surface area contributed by atoms with Crippen molar-refractivity contribution in [3.63, 3.8) is 0 Å². The molecular formula is C15H22O4. The summed E-state index contributed by atoms with van der Waals surface area (Å²) in [6.45, 7) is 5.11. The molecule has 0 spiro atoms. The fourth-order valence-electron chi connectivity index (χ4n) is 3.41. The summed E-state index contributed by atoms with van der Waals surface area (Å²) in [6.07, 6.45) is 2.19. The first-order valence-corrected chi connectivity index (χ1v) is 6.89. The van der Waals surface area contributed by atoms with E-state index in [4.69, 9.17) is 0 Å². The van der Waals surface area contributed by atoms with Gasteiger partial charge in [0.15, 0.2) is 11.6 Å². The molecule has 0 aromatic rings. The SMILES string of the molecule is CC1=C2C(=O)[C@@](O)([C@H](C)CO)CC[C@@]2(C)CCC1=O. The topological polar surface area (TPSA) is 74.6 Å². The van der Waals surface area contributed by atoms with Gasteiger partial charge in [-0.3, -0.25) is 9.59 Å². The molecule has 0 heterocycles. The smallest absolute Gasteiger partial charge is 0.191 e. The molecule has 3 atom stereocenters. The van der Waals surface area contributed by atoms with Gasteiger partial charge in [0.25, 0.3) is 0 Å². The summed E-state index contributed by atoms with van der Waals surface area (Å²) in [7, 11) is 0. The average Bonchev–Trinajstić information content (AvgIpc) is 2.38. The molecule has 19 heavy (non-hydrogen) atoms. The van der Waals surface area contributed by atoms with E-state index in [9.17, 15) is 19.8 Å². The van der Waals surface area contributed by atoms with Crippen LogP contribution >= 0.6 is 0 Å². The Kier molecular flexibility index (Phi) is 3.43. The van der Waals surface area contributed by atoms with E-state index in [1.54, 1.807) is 13.8 Å². The van der Waals surface area contributed by atoms with E-state index >= 15 is 0 Å². The molecule has 2 aliphatic carbocycles. The summed E-state index contributed by atoms with van der Waals surface area (Å²) in [5, 5.41) is 19.9. The Bertz CT molecular complexity index is 465. The molecule has 0 aromatic heterocycles. The number of aliphatic hydroxyl groups is 2. The van der Waals surface area contributed by atoms with E-state index in [1.807, 2.05) is 6.92 Å². The minimum absolute atomic E-state index is 0.00160. The second-order valence-corrected chi connectivity index (χ2v) is 6.32. The van der Waals surface area contributed by atoms with Crippen molar-refractivity contribution in [3.8, 4) is 0 Å². The number of hydrogen-bond donors (Lipinski definition) is 2. The lowest BCUT2D eigenvalue weighted by Crippen LogP contribution is -2.54. The van der Waals surface area contributed by atoms with Gasteiger partial charge in [0.05, 0.1) is 0 Å². The Morgan fingerprint density at radius 3 is 2.47 bits per heavy atom. The molecule has 1 saturated carbocycles. The molecule has 0 aromatic carbocycles. The van der Waals surface area contributed by atoms with Crippen LogP contribution in [0, 0.1) is 11.3 Å². The lowest BCUT2D eigenvalue weighted by molar-refractivity contribution is -0.148. The van der Waals surface area contributed by atoms with E-state index in [2.05, 4.69) is 0 Å². The zero-order valence-corrected chi connectivity index (χ0v) is 11.8. The van der Waals surface area contributed by atoms with Crippen LogP contribution in [0.5, 0.6) is 0 Å². The monoisotopic (exact) mass is 266 g/mol. The second-order valence-electron chi connectivity index (χ2n) is 6.32. The molecule has 0 aliphatic heterocycles. The van der Waals surface area contributed by atoms with E-state index in [0.29, 0.717) is 36.8 Å².